The third-order valence-corrected chi connectivity index (χ3v) is 13.4. The zero-order valence-corrected chi connectivity index (χ0v) is 25.0. The lowest BCUT2D eigenvalue weighted by atomic mass is 9.87. The smallest absolute Gasteiger partial charge is 0.263 e. The number of pyridine rings is 1. The lowest BCUT2D eigenvalue weighted by Gasteiger charge is -2.38. The molecule has 206 valence electrons. The van der Waals surface area contributed by atoms with E-state index in [2.05, 4.69) is 66.2 Å². The Morgan fingerprint density at radius 1 is 1.16 bits per heavy atom. The molecular weight excluding hydrogens is 494 g/mol. The molecule has 3 heterocycles. The number of rotatable bonds is 8. The minimum absolute atomic E-state index is 0.0150. The number of anilines is 3. The molecule has 10 heteroatoms. The number of hydrogen-bond acceptors (Lipinski definition) is 7. The molecule has 9 nitrogen and oxygen atoms in total. The molecule has 2 N–H and O–H groups in total. The molecule has 0 amide bonds. The van der Waals surface area contributed by atoms with Crippen molar-refractivity contribution >= 4 is 36.7 Å². The molecule has 5 rings (SSSR count). The van der Waals surface area contributed by atoms with Crippen LogP contribution in [0.2, 0.25) is 18.1 Å². The number of nitrogens with one attached hydrogen (secondary N) is 2. The lowest BCUT2D eigenvalue weighted by molar-refractivity contribution is 0.168. The van der Waals surface area contributed by atoms with Crippen molar-refractivity contribution < 1.29 is 4.43 Å². The first-order valence-corrected chi connectivity index (χ1v) is 16.9. The Hall–Kier alpha value is -2.72. The lowest BCUT2D eigenvalue weighted by Crippen LogP contribution is -2.42. The van der Waals surface area contributed by atoms with Crippen LogP contribution in [-0.2, 0) is 11.5 Å². The number of fused-ring (bicyclic) bond motifs is 1. The average molecular weight is 538 g/mol. The fraction of sp³-hybridized carbons (Fsp3) is 0.643. The summed E-state index contributed by atoms with van der Waals surface area (Å²) in [5.74, 6) is 1.68. The van der Waals surface area contributed by atoms with Crippen molar-refractivity contribution in [2.45, 2.75) is 95.9 Å². The molecule has 0 atom stereocenters. The van der Waals surface area contributed by atoms with Crippen LogP contribution in [-0.4, -0.2) is 44.8 Å². The van der Waals surface area contributed by atoms with E-state index in [4.69, 9.17) is 9.41 Å². The van der Waals surface area contributed by atoms with Crippen LogP contribution in [0.1, 0.15) is 72.3 Å². The third kappa shape index (κ3) is 5.66. The van der Waals surface area contributed by atoms with E-state index in [1.54, 1.807) is 17.8 Å². The molecule has 2 fully saturated rings. The predicted octanol–water partition coefficient (Wildman–Crippen LogP) is 5.99. The second kappa shape index (κ2) is 9.79. The summed E-state index contributed by atoms with van der Waals surface area (Å²) in [5, 5.41) is 12.3. The van der Waals surface area contributed by atoms with E-state index in [-0.39, 0.29) is 16.1 Å². The minimum Gasteiger partial charge on any atom is -0.417 e. The normalized spacial score (nSPS) is 21.4. The van der Waals surface area contributed by atoms with Crippen LogP contribution in [0.4, 0.5) is 17.5 Å². The summed E-state index contributed by atoms with van der Waals surface area (Å²) in [6, 6.07) is 2.25. The Morgan fingerprint density at radius 2 is 1.87 bits per heavy atom. The van der Waals surface area contributed by atoms with Crippen LogP contribution < -0.4 is 16.2 Å². The van der Waals surface area contributed by atoms with Gasteiger partial charge in [0.15, 0.2) is 8.32 Å². The number of nitrogens with zero attached hydrogens (tertiary/aromatic N) is 5. The van der Waals surface area contributed by atoms with Gasteiger partial charge in [-0.25, -0.2) is 4.98 Å². The highest BCUT2D eigenvalue weighted by molar-refractivity contribution is 6.74. The predicted molar refractivity (Wildman–Crippen MR) is 156 cm³/mol. The van der Waals surface area contributed by atoms with E-state index in [0.717, 1.165) is 38.0 Å². The summed E-state index contributed by atoms with van der Waals surface area (Å²) in [5.41, 5.74) is 1.36. The van der Waals surface area contributed by atoms with Gasteiger partial charge >= 0.3 is 0 Å². The number of hydrogen-bond donors (Lipinski definition) is 2. The maximum Gasteiger partial charge on any atom is 0.263 e. The van der Waals surface area contributed by atoms with E-state index < -0.39 is 8.32 Å². The van der Waals surface area contributed by atoms with Gasteiger partial charge in [-0.1, -0.05) is 20.8 Å². The average Bonchev–Trinajstić information content (AvgIpc) is 3.39. The Balaban J connectivity index is 1.25. The zero-order chi connectivity index (χ0) is 27.3. The molecule has 0 unspecified atom stereocenters. The van der Waals surface area contributed by atoms with E-state index in [1.165, 1.54) is 12.8 Å². The van der Waals surface area contributed by atoms with Crippen LogP contribution in [0, 0.1) is 5.92 Å². The van der Waals surface area contributed by atoms with E-state index in [1.807, 2.05) is 18.5 Å². The van der Waals surface area contributed by atoms with E-state index >= 15 is 0 Å². The first-order chi connectivity index (χ1) is 17.8. The van der Waals surface area contributed by atoms with Crippen LogP contribution in [0.25, 0.3) is 10.9 Å². The van der Waals surface area contributed by atoms with Crippen LogP contribution in [0.3, 0.4) is 0 Å². The van der Waals surface area contributed by atoms with Crippen molar-refractivity contribution in [1.82, 2.24) is 24.3 Å². The maximum atomic E-state index is 12.9. The Morgan fingerprint density at radius 3 is 2.53 bits per heavy atom. The highest BCUT2D eigenvalue weighted by Gasteiger charge is 2.39. The summed E-state index contributed by atoms with van der Waals surface area (Å²) in [4.78, 5) is 22.2. The molecule has 0 saturated heterocycles. The first kappa shape index (κ1) is 26.9. The molecule has 0 spiro atoms. The molecule has 2 aliphatic rings. The summed E-state index contributed by atoms with van der Waals surface area (Å²) >= 11 is 0. The number of aromatic nitrogens is 5. The largest absolute Gasteiger partial charge is 0.417 e. The number of aryl methyl sites for hydroxylation is 1. The maximum absolute atomic E-state index is 12.9. The molecule has 3 aromatic rings. The van der Waals surface area contributed by atoms with Gasteiger partial charge in [0.1, 0.15) is 11.2 Å². The van der Waals surface area contributed by atoms with Gasteiger partial charge in [0, 0.05) is 31.6 Å². The summed E-state index contributed by atoms with van der Waals surface area (Å²) in [6.07, 6.45) is 12.3. The Kier molecular flexibility index (Phi) is 6.92. The molecule has 0 bridgehead atoms. The van der Waals surface area contributed by atoms with Crippen molar-refractivity contribution in [3.63, 3.8) is 0 Å². The Labute approximate surface area is 226 Å². The second-order valence-electron chi connectivity index (χ2n) is 13.2. The first-order valence-electron chi connectivity index (χ1n) is 13.9. The van der Waals surface area contributed by atoms with Crippen LogP contribution in [0.5, 0.6) is 0 Å². The highest BCUT2D eigenvalue weighted by atomic mass is 28.4. The fourth-order valence-electron chi connectivity index (χ4n) is 4.83. The van der Waals surface area contributed by atoms with Gasteiger partial charge in [-0.3, -0.25) is 9.48 Å². The topological polar surface area (TPSA) is 98.9 Å². The molecule has 0 aromatic carbocycles. The van der Waals surface area contributed by atoms with Crippen molar-refractivity contribution in [3.8, 4) is 0 Å². The third-order valence-electron chi connectivity index (χ3n) is 8.88. The van der Waals surface area contributed by atoms with Crippen molar-refractivity contribution in [2.75, 3.05) is 17.2 Å². The van der Waals surface area contributed by atoms with Gasteiger partial charge in [-0.2, -0.15) is 10.1 Å². The molecule has 3 aromatic heterocycles. The van der Waals surface area contributed by atoms with Gasteiger partial charge in [0.25, 0.3) is 5.56 Å². The summed E-state index contributed by atoms with van der Waals surface area (Å²) in [6.45, 7) is 14.6. The molecular formula is C28H43N7O2Si. The molecule has 38 heavy (non-hydrogen) atoms. The monoisotopic (exact) mass is 537 g/mol. The zero-order valence-electron chi connectivity index (χ0n) is 24.0. The standard InChI is InChI=1S/C28H43N7O2Si/c1-27(2,3)38(6,7)37-18-19-8-10-21(11-9-19)35-17-20(16-29-35)30-26-31-22-12-15-34(5)25(36)23(22)24(32-26)33-28(4)13-14-28/h12,15-17,19,21H,8-11,13-14,18H2,1-7H3,(H2,30,31,32,33). The van der Waals surface area contributed by atoms with Crippen LogP contribution in [0.15, 0.2) is 29.5 Å². The summed E-state index contributed by atoms with van der Waals surface area (Å²) < 4.78 is 10.1. The van der Waals surface area contributed by atoms with Crippen molar-refractivity contribution in [3.05, 3.63) is 35.0 Å². The minimum atomic E-state index is -1.70. The van der Waals surface area contributed by atoms with Crippen molar-refractivity contribution in [2.24, 2.45) is 13.0 Å². The SMILES string of the molecule is Cn1ccc2nc(Nc3cnn(C4CCC(CO[Si](C)(C)C(C)(C)C)CC4)c3)nc(NC3(C)CC3)c2c1=O. The van der Waals surface area contributed by atoms with E-state index in [0.29, 0.717) is 34.6 Å². The van der Waals surface area contributed by atoms with Gasteiger partial charge < -0.3 is 19.6 Å². The van der Waals surface area contributed by atoms with Crippen molar-refractivity contribution in [1.29, 1.82) is 0 Å². The van der Waals surface area contributed by atoms with Gasteiger partial charge in [0.05, 0.1) is 23.4 Å². The van der Waals surface area contributed by atoms with Gasteiger partial charge in [-0.15, -0.1) is 0 Å². The highest BCUT2D eigenvalue weighted by Crippen LogP contribution is 2.40. The molecule has 2 saturated carbocycles. The molecule has 0 radical (unpaired) electrons. The second-order valence-corrected chi connectivity index (χ2v) is 18.0. The molecule has 0 aliphatic heterocycles. The Bertz CT molecular complexity index is 1360. The summed E-state index contributed by atoms with van der Waals surface area (Å²) in [7, 11) is 0.0481. The van der Waals surface area contributed by atoms with Crippen LogP contribution >= 0.6 is 0 Å². The molecule has 2 aliphatic carbocycles. The van der Waals surface area contributed by atoms with E-state index in [9.17, 15) is 4.79 Å². The fourth-order valence-corrected chi connectivity index (χ4v) is 5.92. The quantitative estimate of drug-likeness (QED) is 0.341. The van der Waals surface area contributed by atoms with Gasteiger partial charge in [0.2, 0.25) is 5.95 Å². The van der Waals surface area contributed by atoms with Gasteiger partial charge in [-0.05, 0) is 75.6 Å².